The van der Waals surface area contributed by atoms with Gasteiger partial charge in [0, 0.05) is 124 Å². The quantitative estimate of drug-likeness (QED) is 0.0349. The summed E-state index contributed by atoms with van der Waals surface area (Å²) in [4.78, 5) is 15.5. The van der Waals surface area contributed by atoms with Crippen LogP contribution in [0.15, 0.2) is 203 Å². The molecule has 24 heteroatoms. The summed E-state index contributed by atoms with van der Waals surface area (Å²) < 4.78 is 95.4. The zero-order valence-corrected chi connectivity index (χ0v) is 91.0. The lowest BCUT2D eigenvalue weighted by Crippen LogP contribution is -2.51. The first-order valence-corrected chi connectivity index (χ1v) is 57.8. The van der Waals surface area contributed by atoms with Crippen molar-refractivity contribution in [2.45, 2.75) is 253 Å². The predicted molar refractivity (Wildman–Crippen MR) is 592 cm³/mol. The highest BCUT2D eigenvalue weighted by Gasteiger charge is 2.39. The Balaban J connectivity index is 0.000000125. The number of hydrogen-bond acceptors (Lipinski definition) is 22. The summed E-state index contributed by atoms with van der Waals surface area (Å²) >= 11 is 6.91. The van der Waals surface area contributed by atoms with Gasteiger partial charge < -0.3 is 75.8 Å². The van der Waals surface area contributed by atoms with E-state index in [0.29, 0.717) is 99.3 Å². The van der Waals surface area contributed by atoms with Gasteiger partial charge in [0.15, 0.2) is 11.5 Å². The summed E-state index contributed by atoms with van der Waals surface area (Å²) in [6, 6.07) is 71.2. The van der Waals surface area contributed by atoms with Crippen LogP contribution >= 0.6 is 31.9 Å². The second-order valence-electron chi connectivity index (χ2n) is 41.3. The lowest BCUT2D eigenvalue weighted by atomic mass is 9.91. The van der Waals surface area contributed by atoms with Crippen LogP contribution < -0.4 is 18.9 Å². The van der Waals surface area contributed by atoms with E-state index < -0.39 is 0 Å². The normalized spacial score (nSPS) is 25.5. The molecule has 0 aromatic heterocycles. The Morgan fingerprint density at radius 3 is 0.918 bits per heavy atom. The van der Waals surface area contributed by atoms with E-state index in [2.05, 4.69) is 213 Å². The van der Waals surface area contributed by atoms with Crippen LogP contribution in [0, 0.1) is 0 Å². The van der Waals surface area contributed by atoms with Crippen molar-refractivity contribution in [2.24, 2.45) is 0 Å². The standard InChI is InChI=1S/C22H29NO3.2C22H29NO2.C20H31NO4.C18H26BrNO3.C18H26BrNO2/c1-2-6-19-17-20(10-9-18(19)5-1)25-15-16-26-22-8-4-3-7-21(22)23-11-13-24-14-12-23;1-2-9-20-18(6-1)7-5-8-19(20)12-15-25-22-11-4-3-10-21(22)23-13-16-24-17-14-23;1-2-6-20-17-18(9-10-19(20)5-1)11-14-25-22-8-4-3-7-21(22)23-12-15-24-16-13-23;1-22-19-8-7-16(15-20(19)23-2)9-12-25-18-6-4-3-5-17(18)21-10-13-24-14-11-21;19-15-5-7-16(8-6-15)22-13-14-23-18-4-2-1-3-17(18)20-9-11-21-12-10-20;19-16-7-5-15(6-8-16)9-12-22-18-4-2-1-3-17(18)20-10-13-21-14-11-20/h1-2,5-6,9-10,17,21-22H,3-4,7-8,11-16H2;1-2,5-9,21-22H,3-4,10-17H2;1-2,5-6,9-10,17,21-22H,3-4,7-8,11-16H2;7-8,15,17-18H,3-6,9-14H2,1-2H3;5-8,17-18H,1-4,9-14H2;5-8,17-18H,1-4,9-14H2. The Bertz CT molecular complexity index is 5100. The Kier molecular flexibility index (Phi) is 48.3. The van der Waals surface area contributed by atoms with Crippen LogP contribution in [0.2, 0.25) is 0 Å². The van der Waals surface area contributed by atoms with Gasteiger partial charge in [-0.05, 0) is 218 Å². The third kappa shape index (κ3) is 35.6. The Hall–Kier alpha value is -6.80. The van der Waals surface area contributed by atoms with E-state index in [9.17, 15) is 0 Å². The summed E-state index contributed by atoms with van der Waals surface area (Å²) in [5.74, 6) is 3.36. The molecule has 9 aromatic rings. The fourth-order valence-corrected chi connectivity index (χ4v) is 24.5. The zero-order chi connectivity index (χ0) is 100.0. The number of halogens is 2. The number of rotatable bonds is 34. The molecule has 6 heterocycles. The topological polar surface area (TPSA) is 167 Å². The maximum atomic E-state index is 6.42. The lowest BCUT2D eigenvalue weighted by molar-refractivity contribution is -0.0699. The molecule has 12 fully saturated rings. The molecule has 0 amide bonds. The molecule has 798 valence electrons. The molecule has 6 saturated carbocycles. The first kappa shape index (κ1) is 112. The second-order valence-corrected chi connectivity index (χ2v) is 43.1. The van der Waals surface area contributed by atoms with Gasteiger partial charge >= 0.3 is 0 Å². The molecule has 146 heavy (non-hydrogen) atoms. The predicted octanol–water partition coefficient (Wildman–Crippen LogP) is 22.0. The first-order chi connectivity index (χ1) is 72.2. The highest BCUT2D eigenvalue weighted by Crippen LogP contribution is 2.36. The molecule has 12 atom stereocenters. The van der Waals surface area contributed by atoms with Gasteiger partial charge in [0.1, 0.15) is 24.7 Å². The van der Waals surface area contributed by atoms with Crippen LogP contribution in [0.25, 0.3) is 32.3 Å². The Morgan fingerprint density at radius 1 is 0.240 bits per heavy atom. The summed E-state index contributed by atoms with van der Waals surface area (Å²) in [6.07, 6.45) is 36.5. The van der Waals surface area contributed by atoms with Gasteiger partial charge in [-0.1, -0.05) is 242 Å². The highest BCUT2D eigenvalue weighted by atomic mass is 79.9. The maximum absolute atomic E-state index is 6.42. The van der Waals surface area contributed by atoms with Crippen LogP contribution in [0.3, 0.4) is 0 Å². The van der Waals surface area contributed by atoms with Gasteiger partial charge in [-0.15, -0.1) is 0 Å². The van der Waals surface area contributed by atoms with Gasteiger partial charge in [-0.25, -0.2) is 0 Å². The van der Waals surface area contributed by atoms with Crippen molar-refractivity contribution in [1.82, 2.24) is 29.4 Å². The molecular weight excluding hydrogens is 1970 g/mol. The number of benzene rings is 9. The summed E-state index contributed by atoms with van der Waals surface area (Å²) in [7, 11) is 3.34. The van der Waals surface area contributed by atoms with Gasteiger partial charge in [-0.2, -0.15) is 0 Å². The SMILES string of the molecule is Brc1ccc(CCOC2CCCCC2N2CCOCC2)cc1.Brc1ccc(OCCOC2CCCCC2N2CCOCC2)cc1.COc1ccc(CCOC2CCCCC2N2CCOCC2)cc1OC.c1ccc2c(CCOC3CCCCC3N3CCOCC3)cccc2c1.c1ccc2cc(CCOC3CCCCC3N3CCOCC3)ccc2c1.c1ccc2cc(OCCOC3CCCCC3N3CCOCC3)ccc2c1. The van der Waals surface area contributed by atoms with Crippen molar-refractivity contribution in [3.63, 3.8) is 0 Å². The monoisotopic (exact) mass is 2130 g/mol. The second kappa shape index (κ2) is 63.0. The van der Waals surface area contributed by atoms with Crippen LogP contribution in [0.4, 0.5) is 0 Å². The van der Waals surface area contributed by atoms with Crippen molar-refractivity contribution in [3.8, 4) is 23.0 Å². The molecule has 6 aliphatic carbocycles. The lowest BCUT2D eigenvalue weighted by Gasteiger charge is -2.41. The molecule has 0 bridgehead atoms. The fraction of sp³-hybridized carbons (Fsp3) is 0.607. The number of hydrogen-bond donors (Lipinski definition) is 0. The van der Waals surface area contributed by atoms with Crippen molar-refractivity contribution in [1.29, 1.82) is 0 Å². The van der Waals surface area contributed by atoms with E-state index in [1.807, 2.05) is 42.5 Å². The average Bonchev–Trinajstić information content (AvgIpc) is 0.843. The summed E-state index contributed by atoms with van der Waals surface area (Å²) in [5, 5.41) is 7.78. The number of methoxy groups -OCH3 is 2. The Labute approximate surface area is 889 Å². The van der Waals surface area contributed by atoms with Gasteiger partial charge in [0.05, 0.1) is 170 Å². The van der Waals surface area contributed by atoms with E-state index >= 15 is 0 Å². The van der Waals surface area contributed by atoms with Crippen LogP contribution in [-0.4, -0.2) is 327 Å². The van der Waals surface area contributed by atoms with E-state index in [-0.39, 0.29) is 0 Å². The fourth-order valence-electron chi connectivity index (χ4n) is 24.0. The van der Waals surface area contributed by atoms with Gasteiger partial charge in [0.2, 0.25) is 0 Å². The van der Waals surface area contributed by atoms with E-state index in [4.69, 9.17) is 75.8 Å². The zero-order valence-electron chi connectivity index (χ0n) is 87.8. The minimum atomic E-state index is 0.335. The van der Waals surface area contributed by atoms with Crippen LogP contribution in [0.1, 0.15) is 176 Å². The first-order valence-electron chi connectivity index (χ1n) is 56.2. The summed E-state index contributed by atoms with van der Waals surface area (Å²) in [6.45, 7) is 28.8. The van der Waals surface area contributed by atoms with Crippen molar-refractivity contribution in [3.05, 3.63) is 225 Å². The number of ether oxygens (including phenoxy) is 16. The molecule has 12 aliphatic rings. The van der Waals surface area contributed by atoms with Crippen molar-refractivity contribution < 1.29 is 75.8 Å². The largest absolute Gasteiger partial charge is 0.493 e. The van der Waals surface area contributed by atoms with Crippen molar-refractivity contribution in [2.75, 3.05) is 225 Å². The third-order valence-electron chi connectivity index (χ3n) is 31.9. The smallest absolute Gasteiger partial charge is 0.160 e. The molecule has 6 saturated heterocycles. The molecule has 21 rings (SSSR count). The molecule has 22 nitrogen and oxygen atoms in total. The van der Waals surface area contributed by atoms with E-state index in [1.165, 1.54) is 202 Å². The third-order valence-corrected chi connectivity index (χ3v) is 33.0. The van der Waals surface area contributed by atoms with E-state index in [1.54, 1.807) is 14.2 Å². The van der Waals surface area contributed by atoms with Gasteiger partial charge in [-0.3, -0.25) is 29.4 Å². The molecule has 0 spiro atoms. The van der Waals surface area contributed by atoms with Crippen LogP contribution in [-0.2, 0) is 82.5 Å². The van der Waals surface area contributed by atoms with Crippen LogP contribution in [0.5, 0.6) is 23.0 Å². The molecular formula is C122H170Br2N6O16. The number of fused-ring (bicyclic) bond motifs is 3. The van der Waals surface area contributed by atoms with Crippen molar-refractivity contribution >= 4 is 64.2 Å². The molecule has 0 radical (unpaired) electrons. The molecule has 0 N–H and O–H groups in total. The minimum absolute atomic E-state index is 0.335. The number of morpholine rings is 6. The minimum Gasteiger partial charge on any atom is -0.493 e. The molecule has 6 aliphatic heterocycles. The highest BCUT2D eigenvalue weighted by molar-refractivity contribution is 9.10. The molecule has 12 unspecified atom stereocenters. The Morgan fingerprint density at radius 2 is 0.527 bits per heavy atom. The van der Waals surface area contributed by atoms with Gasteiger partial charge in [0.25, 0.3) is 0 Å². The van der Waals surface area contributed by atoms with E-state index in [0.717, 1.165) is 248 Å². The maximum Gasteiger partial charge on any atom is 0.160 e. The number of nitrogens with zero attached hydrogens (tertiary/aromatic N) is 6. The summed E-state index contributed by atoms with van der Waals surface area (Å²) in [5.41, 5.74) is 5.34. The average molecular weight is 2140 g/mol. The molecule has 9 aromatic carbocycles.